The summed E-state index contributed by atoms with van der Waals surface area (Å²) in [4.78, 5) is 48.5. The number of benzene rings is 1. The van der Waals surface area contributed by atoms with E-state index in [-0.39, 0.29) is 52.3 Å². The van der Waals surface area contributed by atoms with Crippen LogP contribution in [0.25, 0.3) is 0 Å². The van der Waals surface area contributed by atoms with Gasteiger partial charge in [0, 0.05) is 91.7 Å². The summed E-state index contributed by atoms with van der Waals surface area (Å²) in [5, 5.41) is 29.6. The van der Waals surface area contributed by atoms with E-state index < -0.39 is 26.1 Å². The molecule has 12 nitrogen and oxygen atoms in total. The van der Waals surface area contributed by atoms with Crippen LogP contribution in [0.2, 0.25) is 0 Å². The molecule has 0 saturated heterocycles. The molecule has 1 aromatic rings. The summed E-state index contributed by atoms with van der Waals surface area (Å²) in [5.41, 5.74) is 7.29. The van der Waals surface area contributed by atoms with Crippen molar-refractivity contribution in [3.8, 4) is 0 Å². The average Bonchev–Trinajstić information content (AvgIpc) is 2.73. The van der Waals surface area contributed by atoms with Crippen molar-refractivity contribution in [1.29, 1.82) is 0 Å². The molecule has 1 rings (SSSR count). The molecule has 1 atom stereocenters. The number of anilines is 1. The van der Waals surface area contributed by atoms with E-state index in [0.29, 0.717) is 57.4 Å². The molecule has 0 amide bonds. The minimum Gasteiger partial charge on any atom is -0.480 e. The summed E-state index contributed by atoms with van der Waals surface area (Å²) in [6, 6.07) is 7.25. The number of rotatable bonds is 19. The molecule has 0 aliphatic rings. The molecule has 0 aromatic heterocycles. The molecule has 0 bridgehead atoms. The molecule has 195 valence electrons. The Hall–Kier alpha value is -1.24. The monoisotopic (exact) mass is 589 g/mol. The summed E-state index contributed by atoms with van der Waals surface area (Å²) >= 11 is 0. The fraction of sp³-hybridized carbons (Fsp3) is 0.524. The molecular weight excluding hydrogens is 554 g/mol. The molecule has 35 heavy (non-hydrogen) atoms. The number of hydrogen-bond acceptors (Lipinski definition) is 9. The second kappa shape index (κ2) is 19.0. The zero-order chi connectivity index (χ0) is 25.5. The van der Waals surface area contributed by atoms with Gasteiger partial charge in [-0.25, -0.2) is 0 Å². The molecule has 0 aliphatic carbocycles. The maximum atomic E-state index is 11.2. The van der Waals surface area contributed by atoms with Crippen molar-refractivity contribution in [3.05, 3.63) is 36.9 Å². The smallest absolute Gasteiger partial charge is 0.317 e. The number of carboxylic acid groups (broad SMARTS) is 3. The summed E-state index contributed by atoms with van der Waals surface area (Å²) < 4.78 is 0. The van der Waals surface area contributed by atoms with Gasteiger partial charge < -0.3 is 36.2 Å². The van der Waals surface area contributed by atoms with Crippen LogP contribution in [-0.2, 0) is 53.3 Å². The first-order valence-electron chi connectivity index (χ1n) is 10.7. The standard InChI is InChI=1S/C21H35N5O7P.Y/c1-24(13-20(29)30)8-9-26(16-34(33)15-17-2-4-18(22)5-3-17)11-10-25(14-21(31)32)7-6-23-12-19(27)28;/h2-5,23,33H,1,6-16,22H2,(H,27,28)(H,29,30)(H,31,32);/q-1;. The minimum atomic E-state index is -1.40. The predicted molar refractivity (Wildman–Crippen MR) is 129 cm³/mol. The second-order valence-corrected chi connectivity index (χ2v) is 9.46. The van der Waals surface area contributed by atoms with Gasteiger partial charge in [0.05, 0.1) is 19.6 Å². The van der Waals surface area contributed by atoms with Gasteiger partial charge >= 0.3 is 17.9 Å². The van der Waals surface area contributed by atoms with E-state index in [2.05, 4.69) is 12.4 Å². The van der Waals surface area contributed by atoms with Gasteiger partial charge in [0.25, 0.3) is 0 Å². The van der Waals surface area contributed by atoms with Crippen LogP contribution < -0.4 is 11.1 Å². The van der Waals surface area contributed by atoms with Gasteiger partial charge in [-0.15, -0.1) is 0 Å². The summed E-state index contributed by atoms with van der Waals surface area (Å²) in [5.74, 6) is -2.98. The SMILES string of the molecule is [CH2-]N(CCN(CCN(CCNCC(=O)O)CC(=O)O)CP(O)Cc1ccc(N)cc1)CC(=O)O.[Y]. The first kappa shape index (κ1) is 33.8. The molecule has 0 spiro atoms. The quantitative estimate of drug-likeness (QED) is 0.0536. The fourth-order valence-corrected chi connectivity index (χ4v) is 4.57. The Morgan fingerprint density at radius 3 is 2.03 bits per heavy atom. The van der Waals surface area contributed by atoms with Gasteiger partial charge in [-0.1, -0.05) is 12.1 Å². The van der Waals surface area contributed by atoms with Crippen molar-refractivity contribution in [1.82, 2.24) is 20.0 Å². The molecule has 0 fully saturated rings. The number of aliphatic carboxylic acids is 3. The first-order valence-corrected chi connectivity index (χ1v) is 12.4. The number of carboxylic acids is 3. The van der Waals surface area contributed by atoms with Crippen LogP contribution in [0.5, 0.6) is 0 Å². The predicted octanol–water partition coefficient (Wildman–Crippen LogP) is -0.346. The van der Waals surface area contributed by atoms with E-state index in [1.807, 2.05) is 17.0 Å². The number of nitrogens with one attached hydrogen (secondary N) is 1. The number of nitrogen functional groups attached to an aromatic ring is 1. The third-order valence-electron chi connectivity index (χ3n) is 4.77. The summed E-state index contributed by atoms with van der Waals surface area (Å²) in [7, 11) is 2.31. The number of nitrogens with two attached hydrogens (primary N) is 1. The van der Waals surface area contributed by atoms with Gasteiger partial charge in [0.15, 0.2) is 0 Å². The van der Waals surface area contributed by atoms with Gasteiger partial charge in [-0.05, 0) is 24.2 Å². The van der Waals surface area contributed by atoms with Gasteiger partial charge in [0.2, 0.25) is 0 Å². The van der Waals surface area contributed by atoms with E-state index in [1.165, 1.54) is 4.90 Å². The van der Waals surface area contributed by atoms with Crippen molar-refractivity contribution in [3.63, 3.8) is 0 Å². The number of nitrogens with zero attached hydrogens (tertiary/aromatic N) is 3. The molecule has 1 unspecified atom stereocenters. The molecule has 1 radical (unpaired) electrons. The molecule has 1 aromatic carbocycles. The third kappa shape index (κ3) is 17.8. The Labute approximate surface area is 232 Å². The molecule has 0 heterocycles. The zero-order valence-electron chi connectivity index (χ0n) is 19.8. The second-order valence-electron chi connectivity index (χ2n) is 7.85. The van der Waals surface area contributed by atoms with Crippen molar-refractivity contribution in [2.75, 3.05) is 70.9 Å². The Morgan fingerprint density at radius 1 is 0.886 bits per heavy atom. The van der Waals surface area contributed by atoms with Gasteiger partial charge in [-0.3, -0.25) is 31.2 Å². The topological polar surface area (TPSA) is 180 Å². The van der Waals surface area contributed by atoms with Gasteiger partial charge in [0.1, 0.15) is 0 Å². The Bertz CT molecular complexity index is 775. The van der Waals surface area contributed by atoms with Crippen LogP contribution in [0.1, 0.15) is 5.56 Å². The van der Waals surface area contributed by atoms with E-state index in [0.717, 1.165) is 5.56 Å². The Kier molecular flexibility index (Phi) is 18.3. The van der Waals surface area contributed by atoms with Crippen LogP contribution in [0, 0.1) is 7.05 Å². The van der Waals surface area contributed by atoms with Crippen LogP contribution in [0.4, 0.5) is 5.69 Å². The molecule has 0 saturated carbocycles. The van der Waals surface area contributed by atoms with Crippen LogP contribution in [-0.4, -0.2) is 118 Å². The summed E-state index contributed by atoms with van der Waals surface area (Å²) in [6.45, 7) is 1.64. The van der Waals surface area contributed by atoms with Crippen LogP contribution >= 0.6 is 8.15 Å². The Morgan fingerprint density at radius 2 is 1.46 bits per heavy atom. The Balaban J connectivity index is 0.0000116. The van der Waals surface area contributed by atoms with Crippen LogP contribution in [0.3, 0.4) is 0 Å². The maximum Gasteiger partial charge on any atom is 0.317 e. The van der Waals surface area contributed by atoms with Crippen molar-refractivity contribution >= 4 is 31.7 Å². The van der Waals surface area contributed by atoms with Crippen LogP contribution in [0.15, 0.2) is 24.3 Å². The molecule has 14 heteroatoms. The zero-order valence-corrected chi connectivity index (χ0v) is 23.5. The van der Waals surface area contributed by atoms with E-state index in [4.69, 9.17) is 15.9 Å². The van der Waals surface area contributed by atoms with E-state index >= 15 is 0 Å². The van der Waals surface area contributed by atoms with E-state index in [9.17, 15) is 24.4 Å². The molecule has 7 N–H and O–H groups in total. The average molecular weight is 589 g/mol. The minimum absolute atomic E-state index is 0. The number of carbonyl (C=O) groups is 3. The third-order valence-corrected chi connectivity index (χ3v) is 6.23. The van der Waals surface area contributed by atoms with Crippen molar-refractivity contribution < 1.29 is 67.3 Å². The van der Waals surface area contributed by atoms with Crippen molar-refractivity contribution in [2.24, 2.45) is 0 Å². The van der Waals surface area contributed by atoms with E-state index in [1.54, 1.807) is 17.0 Å². The van der Waals surface area contributed by atoms with Gasteiger partial charge in [-0.2, -0.15) is 0 Å². The fourth-order valence-electron chi connectivity index (χ4n) is 3.10. The van der Waals surface area contributed by atoms with Crippen molar-refractivity contribution in [2.45, 2.75) is 6.16 Å². The first-order chi connectivity index (χ1) is 16.0. The molecule has 0 aliphatic heterocycles. The largest absolute Gasteiger partial charge is 0.480 e. The summed E-state index contributed by atoms with van der Waals surface area (Å²) in [6.07, 6.45) is 0.825. The normalized spacial score (nSPS) is 12.0. The molecular formula is C21H35N5O7PY-. The maximum absolute atomic E-state index is 11.2. The number of hydrogen-bond donors (Lipinski definition) is 6.